The lowest BCUT2D eigenvalue weighted by atomic mass is 10.0. The van der Waals surface area contributed by atoms with E-state index in [4.69, 9.17) is 10.5 Å². The number of esters is 1. The summed E-state index contributed by atoms with van der Waals surface area (Å²) in [7, 11) is 0. The van der Waals surface area contributed by atoms with Crippen molar-refractivity contribution in [2.75, 3.05) is 18.9 Å². The van der Waals surface area contributed by atoms with E-state index in [0.29, 0.717) is 31.2 Å². The van der Waals surface area contributed by atoms with Gasteiger partial charge in [0.2, 0.25) is 0 Å². The standard InChI is InChI=1S/C10H21NO2S/c1-2-9(4-3-6-11)8-13-10(12)5-7-14/h9,14H,2-8,11H2,1H3. The van der Waals surface area contributed by atoms with Gasteiger partial charge in [-0.05, 0) is 25.3 Å². The first-order valence-electron chi connectivity index (χ1n) is 5.21. The molecular weight excluding hydrogens is 198 g/mol. The van der Waals surface area contributed by atoms with Crippen LogP contribution in [0.15, 0.2) is 0 Å². The van der Waals surface area contributed by atoms with Crippen molar-refractivity contribution in [1.29, 1.82) is 0 Å². The summed E-state index contributed by atoms with van der Waals surface area (Å²) in [5, 5.41) is 0. The molecule has 0 rings (SSSR count). The Hall–Kier alpha value is -0.220. The predicted molar refractivity (Wildman–Crippen MR) is 61.5 cm³/mol. The molecule has 14 heavy (non-hydrogen) atoms. The topological polar surface area (TPSA) is 52.3 Å². The van der Waals surface area contributed by atoms with Crippen molar-refractivity contribution < 1.29 is 9.53 Å². The lowest BCUT2D eigenvalue weighted by Gasteiger charge is -2.14. The van der Waals surface area contributed by atoms with Gasteiger partial charge in [-0.3, -0.25) is 4.79 Å². The minimum absolute atomic E-state index is 0.147. The van der Waals surface area contributed by atoms with Gasteiger partial charge in [-0.1, -0.05) is 13.3 Å². The van der Waals surface area contributed by atoms with Crippen molar-refractivity contribution in [1.82, 2.24) is 0 Å². The second-order valence-electron chi connectivity index (χ2n) is 3.36. The number of ether oxygens (including phenoxy) is 1. The third-order valence-corrected chi connectivity index (χ3v) is 2.41. The van der Waals surface area contributed by atoms with Crippen LogP contribution in [0, 0.1) is 5.92 Å². The molecule has 1 unspecified atom stereocenters. The van der Waals surface area contributed by atoms with Gasteiger partial charge in [-0.15, -0.1) is 0 Å². The Labute approximate surface area is 91.8 Å². The summed E-state index contributed by atoms with van der Waals surface area (Å²) in [4.78, 5) is 11.0. The zero-order valence-corrected chi connectivity index (χ0v) is 9.76. The van der Waals surface area contributed by atoms with Gasteiger partial charge >= 0.3 is 5.97 Å². The highest BCUT2D eigenvalue weighted by Crippen LogP contribution is 2.11. The van der Waals surface area contributed by atoms with Crippen LogP contribution in [0.1, 0.15) is 32.6 Å². The van der Waals surface area contributed by atoms with Crippen LogP contribution in [0.3, 0.4) is 0 Å². The van der Waals surface area contributed by atoms with E-state index in [1.54, 1.807) is 0 Å². The summed E-state index contributed by atoms with van der Waals surface area (Å²) in [5.74, 6) is 0.868. The summed E-state index contributed by atoms with van der Waals surface area (Å²) in [6.45, 7) is 3.35. The Kier molecular flexibility index (Phi) is 9.19. The van der Waals surface area contributed by atoms with E-state index >= 15 is 0 Å². The van der Waals surface area contributed by atoms with Gasteiger partial charge in [0.15, 0.2) is 0 Å². The lowest BCUT2D eigenvalue weighted by molar-refractivity contribution is -0.144. The van der Waals surface area contributed by atoms with Crippen LogP contribution in [0.5, 0.6) is 0 Å². The molecule has 0 fully saturated rings. The SMILES string of the molecule is CCC(CCCN)COC(=O)CCS. The Balaban J connectivity index is 3.55. The highest BCUT2D eigenvalue weighted by Gasteiger charge is 2.09. The van der Waals surface area contributed by atoms with Gasteiger partial charge < -0.3 is 10.5 Å². The van der Waals surface area contributed by atoms with E-state index in [1.807, 2.05) is 0 Å². The molecule has 0 saturated carbocycles. The largest absolute Gasteiger partial charge is 0.465 e. The number of nitrogens with two attached hydrogens (primary N) is 1. The second kappa shape index (κ2) is 9.34. The van der Waals surface area contributed by atoms with Crippen molar-refractivity contribution in [3.8, 4) is 0 Å². The first kappa shape index (κ1) is 13.8. The van der Waals surface area contributed by atoms with Crippen LogP contribution in [0.2, 0.25) is 0 Å². The fourth-order valence-corrected chi connectivity index (χ4v) is 1.37. The highest BCUT2D eigenvalue weighted by molar-refractivity contribution is 7.80. The molecule has 0 aromatic heterocycles. The Morgan fingerprint density at radius 2 is 2.29 bits per heavy atom. The summed E-state index contributed by atoms with van der Waals surface area (Å²) >= 11 is 3.97. The Bertz CT molecular complexity index is 153. The first-order valence-corrected chi connectivity index (χ1v) is 5.84. The summed E-state index contributed by atoms with van der Waals surface area (Å²) in [6, 6.07) is 0. The first-order chi connectivity index (χ1) is 6.74. The molecule has 1 atom stereocenters. The third-order valence-electron chi connectivity index (χ3n) is 2.19. The molecule has 0 bridgehead atoms. The fourth-order valence-electron chi connectivity index (χ4n) is 1.19. The maximum absolute atomic E-state index is 11.0. The molecular formula is C10H21NO2S. The molecule has 84 valence electrons. The van der Waals surface area contributed by atoms with Gasteiger partial charge in [0, 0.05) is 5.75 Å². The molecule has 0 aliphatic rings. The molecule has 0 spiro atoms. The van der Waals surface area contributed by atoms with Crippen LogP contribution in [0.4, 0.5) is 0 Å². The van der Waals surface area contributed by atoms with Crippen LogP contribution < -0.4 is 5.73 Å². The van der Waals surface area contributed by atoms with Crippen molar-refractivity contribution in [2.24, 2.45) is 11.7 Å². The van der Waals surface area contributed by atoms with Crippen LogP contribution >= 0.6 is 12.6 Å². The van der Waals surface area contributed by atoms with E-state index in [9.17, 15) is 4.79 Å². The van der Waals surface area contributed by atoms with Gasteiger partial charge in [0.25, 0.3) is 0 Å². The van der Waals surface area contributed by atoms with E-state index in [1.165, 1.54) is 0 Å². The van der Waals surface area contributed by atoms with E-state index in [-0.39, 0.29) is 5.97 Å². The third kappa shape index (κ3) is 7.21. The van der Waals surface area contributed by atoms with E-state index < -0.39 is 0 Å². The number of carbonyl (C=O) groups is 1. The molecule has 0 aromatic carbocycles. The summed E-state index contributed by atoms with van der Waals surface area (Å²) in [5.41, 5.74) is 5.42. The lowest BCUT2D eigenvalue weighted by Crippen LogP contribution is -2.15. The van der Waals surface area contributed by atoms with Crippen LogP contribution in [0.25, 0.3) is 0 Å². The number of hydrogen-bond donors (Lipinski definition) is 2. The zero-order valence-electron chi connectivity index (χ0n) is 8.87. The summed E-state index contributed by atoms with van der Waals surface area (Å²) in [6.07, 6.45) is 3.48. The predicted octanol–water partition coefficient (Wildman–Crippen LogP) is 1.61. The normalized spacial score (nSPS) is 12.5. The molecule has 0 saturated heterocycles. The van der Waals surface area contributed by atoms with E-state index in [2.05, 4.69) is 19.6 Å². The van der Waals surface area contributed by atoms with Crippen molar-refractivity contribution in [3.63, 3.8) is 0 Å². The molecule has 2 N–H and O–H groups in total. The monoisotopic (exact) mass is 219 g/mol. The minimum Gasteiger partial charge on any atom is -0.465 e. The molecule has 0 amide bonds. The number of rotatable bonds is 8. The smallest absolute Gasteiger partial charge is 0.306 e. The Morgan fingerprint density at radius 3 is 2.79 bits per heavy atom. The van der Waals surface area contributed by atoms with Gasteiger partial charge in [-0.2, -0.15) is 12.6 Å². The van der Waals surface area contributed by atoms with Gasteiger partial charge in [0.05, 0.1) is 13.0 Å². The molecule has 0 radical (unpaired) electrons. The molecule has 0 aliphatic heterocycles. The van der Waals surface area contributed by atoms with Crippen molar-refractivity contribution >= 4 is 18.6 Å². The average Bonchev–Trinajstić information content (AvgIpc) is 2.19. The van der Waals surface area contributed by atoms with Crippen LogP contribution in [-0.4, -0.2) is 24.9 Å². The summed E-state index contributed by atoms with van der Waals surface area (Å²) < 4.78 is 5.10. The Morgan fingerprint density at radius 1 is 1.57 bits per heavy atom. The molecule has 0 aliphatic carbocycles. The number of thiol groups is 1. The average molecular weight is 219 g/mol. The molecule has 4 heteroatoms. The van der Waals surface area contributed by atoms with Gasteiger partial charge in [-0.25, -0.2) is 0 Å². The molecule has 3 nitrogen and oxygen atoms in total. The number of hydrogen-bond acceptors (Lipinski definition) is 4. The van der Waals surface area contributed by atoms with Crippen LogP contribution in [-0.2, 0) is 9.53 Å². The molecule has 0 heterocycles. The van der Waals surface area contributed by atoms with Crippen molar-refractivity contribution in [3.05, 3.63) is 0 Å². The second-order valence-corrected chi connectivity index (χ2v) is 3.81. The number of carbonyl (C=O) groups excluding carboxylic acids is 1. The molecule has 0 aromatic rings. The van der Waals surface area contributed by atoms with Gasteiger partial charge in [0.1, 0.15) is 0 Å². The minimum atomic E-state index is -0.147. The maximum atomic E-state index is 11.0. The quantitative estimate of drug-likeness (QED) is 0.482. The zero-order chi connectivity index (χ0) is 10.8. The highest BCUT2D eigenvalue weighted by atomic mass is 32.1. The van der Waals surface area contributed by atoms with E-state index in [0.717, 1.165) is 19.3 Å². The fraction of sp³-hybridized carbons (Fsp3) is 0.900. The van der Waals surface area contributed by atoms with Crippen molar-refractivity contribution in [2.45, 2.75) is 32.6 Å². The maximum Gasteiger partial charge on any atom is 0.306 e.